The molecule has 132 valence electrons. The lowest BCUT2D eigenvalue weighted by Gasteiger charge is -2.06. The molecule has 0 fully saturated rings. The summed E-state index contributed by atoms with van der Waals surface area (Å²) in [6.07, 6.45) is 6.71. The normalized spacial score (nSPS) is 11.0. The maximum absolute atomic E-state index is 12.3. The molecule has 3 rings (SSSR count). The Labute approximate surface area is 161 Å². The third-order valence-corrected chi connectivity index (χ3v) is 4.66. The van der Waals surface area contributed by atoms with Gasteiger partial charge in [-0.25, -0.2) is 4.98 Å². The SMILES string of the molecule is Cn1ccnc1COc1ccc(C(=O)/C=C/c2cccc(Cl)c2Cl)cc1. The summed E-state index contributed by atoms with van der Waals surface area (Å²) in [5, 5.41) is 0.881. The van der Waals surface area contributed by atoms with E-state index in [9.17, 15) is 4.79 Å². The molecule has 26 heavy (non-hydrogen) atoms. The Morgan fingerprint density at radius 2 is 1.96 bits per heavy atom. The van der Waals surface area contributed by atoms with Crippen LogP contribution in [0.4, 0.5) is 0 Å². The van der Waals surface area contributed by atoms with E-state index in [1.807, 2.05) is 17.8 Å². The molecule has 0 amide bonds. The zero-order valence-corrected chi connectivity index (χ0v) is 15.5. The molecule has 4 nitrogen and oxygen atoms in total. The summed E-state index contributed by atoms with van der Waals surface area (Å²) in [6.45, 7) is 0.365. The fourth-order valence-corrected chi connectivity index (χ4v) is 2.68. The number of aryl methyl sites for hydroxylation is 1. The number of carbonyl (C=O) groups excluding carboxylic acids is 1. The molecule has 0 N–H and O–H groups in total. The number of carbonyl (C=O) groups is 1. The van der Waals surface area contributed by atoms with Gasteiger partial charge in [0, 0.05) is 25.0 Å². The summed E-state index contributed by atoms with van der Waals surface area (Å²) in [6, 6.07) is 12.2. The van der Waals surface area contributed by atoms with E-state index in [0.29, 0.717) is 33.5 Å². The predicted molar refractivity (Wildman–Crippen MR) is 104 cm³/mol. The molecule has 0 spiro atoms. The highest BCUT2D eigenvalue weighted by atomic mass is 35.5. The molecule has 0 radical (unpaired) electrons. The second-order valence-electron chi connectivity index (χ2n) is 5.61. The molecule has 0 saturated carbocycles. The summed E-state index contributed by atoms with van der Waals surface area (Å²) < 4.78 is 7.57. The Morgan fingerprint density at radius 1 is 1.19 bits per heavy atom. The molecule has 0 saturated heterocycles. The topological polar surface area (TPSA) is 44.1 Å². The molecular formula is C20H16Cl2N2O2. The summed E-state index contributed by atoms with van der Waals surface area (Å²) >= 11 is 12.1. The first-order chi connectivity index (χ1) is 12.5. The summed E-state index contributed by atoms with van der Waals surface area (Å²) in [4.78, 5) is 16.5. The lowest BCUT2D eigenvalue weighted by atomic mass is 10.1. The molecule has 1 heterocycles. The lowest BCUT2D eigenvalue weighted by molar-refractivity contribution is 0.104. The van der Waals surface area contributed by atoms with Crippen LogP contribution in [-0.4, -0.2) is 15.3 Å². The van der Waals surface area contributed by atoms with Gasteiger partial charge in [0.1, 0.15) is 18.2 Å². The second-order valence-corrected chi connectivity index (χ2v) is 6.39. The van der Waals surface area contributed by atoms with E-state index >= 15 is 0 Å². The average molecular weight is 387 g/mol. The average Bonchev–Trinajstić information content (AvgIpc) is 3.06. The van der Waals surface area contributed by atoms with Crippen LogP contribution in [0.25, 0.3) is 6.08 Å². The van der Waals surface area contributed by atoms with Gasteiger partial charge in [-0.3, -0.25) is 4.79 Å². The highest BCUT2D eigenvalue weighted by Crippen LogP contribution is 2.26. The molecule has 0 atom stereocenters. The Kier molecular flexibility index (Phi) is 5.76. The largest absolute Gasteiger partial charge is 0.486 e. The number of hydrogen-bond acceptors (Lipinski definition) is 3. The fraction of sp³-hybridized carbons (Fsp3) is 0.100. The van der Waals surface area contributed by atoms with Gasteiger partial charge in [0.05, 0.1) is 10.0 Å². The third kappa shape index (κ3) is 4.34. The predicted octanol–water partition coefficient (Wildman–Crippen LogP) is 5.20. The van der Waals surface area contributed by atoms with Gasteiger partial charge in [0.2, 0.25) is 0 Å². The monoisotopic (exact) mass is 386 g/mol. The standard InChI is InChI=1S/C20H16Cl2N2O2/c1-24-12-11-23-19(24)13-26-16-8-5-14(6-9-16)18(25)10-7-15-3-2-4-17(21)20(15)22/h2-12H,13H2,1H3/b10-7+. The van der Waals surface area contributed by atoms with Crippen molar-refractivity contribution in [1.82, 2.24) is 9.55 Å². The number of halogens is 2. The van der Waals surface area contributed by atoms with Crippen LogP contribution in [0.15, 0.2) is 60.9 Å². The van der Waals surface area contributed by atoms with Crippen LogP contribution in [0.5, 0.6) is 5.75 Å². The molecule has 1 aromatic heterocycles. The first-order valence-corrected chi connectivity index (χ1v) is 8.65. The van der Waals surface area contributed by atoms with E-state index in [1.54, 1.807) is 54.7 Å². The number of rotatable bonds is 6. The molecule has 0 aliphatic heterocycles. The molecule has 3 aromatic rings. The highest BCUT2D eigenvalue weighted by Gasteiger charge is 2.06. The molecule has 0 bridgehead atoms. The fourth-order valence-electron chi connectivity index (χ4n) is 2.31. The van der Waals surface area contributed by atoms with Gasteiger partial charge >= 0.3 is 0 Å². The van der Waals surface area contributed by atoms with E-state index in [-0.39, 0.29) is 5.78 Å². The quantitative estimate of drug-likeness (QED) is 0.431. The summed E-state index contributed by atoms with van der Waals surface area (Å²) in [5.74, 6) is 1.37. The number of ketones is 1. The molecule has 0 aliphatic rings. The van der Waals surface area contributed by atoms with Gasteiger partial charge in [-0.05, 0) is 48.0 Å². The minimum absolute atomic E-state index is 0.128. The molecule has 2 aromatic carbocycles. The van der Waals surface area contributed by atoms with Crippen LogP contribution < -0.4 is 4.74 Å². The van der Waals surface area contributed by atoms with Crippen molar-refractivity contribution in [2.24, 2.45) is 7.05 Å². The molecule has 6 heteroatoms. The van der Waals surface area contributed by atoms with E-state index in [4.69, 9.17) is 27.9 Å². The van der Waals surface area contributed by atoms with Gasteiger partial charge in [-0.1, -0.05) is 35.3 Å². The van der Waals surface area contributed by atoms with E-state index in [2.05, 4.69) is 4.98 Å². The number of aromatic nitrogens is 2. The number of ether oxygens (including phenoxy) is 1. The highest BCUT2D eigenvalue weighted by molar-refractivity contribution is 6.42. The number of benzene rings is 2. The van der Waals surface area contributed by atoms with Gasteiger partial charge in [0.15, 0.2) is 5.78 Å². The van der Waals surface area contributed by atoms with Crippen LogP contribution in [0, 0.1) is 0 Å². The van der Waals surface area contributed by atoms with Crippen molar-refractivity contribution >= 4 is 35.1 Å². The van der Waals surface area contributed by atoms with Crippen LogP contribution in [-0.2, 0) is 13.7 Å². The van der Waals surface area contributed by atoms with E-state index < -0.39 is 0 Å². The molecule has 0 aliphatic carbocycles. The Hall–Kier alpha value is -2.56. The van der Waals surface area contributed by atoms with Crippen molar-refractivity contribution in [3.8, 4) is 5.75 Å². The van der Waals surface area contributed by atoms with Gasteiger partial charge in [-0.15, -0.1) is 0 Å². The van der Waals surface area contributed by atoms with Gasteiger partial charge in [0.25, 0.3) is 0 Å². The van der Waals surface area contributed by atoms with Crippen LogP contribution in [0.1, 0.15) is 21.7 Å². The van der Waals surface area contributed by atoms with Crippen molar-refractivity contribution < 1.29 is 9.53 Å². The number of hydrogen-bond donors (Lipinski definition) is 0. The Bertz CT molecular complexity index is 947. The van der Waals surface area contributed by atoms with Crippen molar-refractivity contribution in [1.29, 1.82) is 0 Å². The number of allylic oxidation sites excluding steroid dienone is 1. The van der Waals surface area contributed by atoms with E-state index in [0.717, 1.165) is 5.82 Å². The van der Waals surface area contributed by atoms with Crippen molar-refractivity contribution in [3.05, 3.63) is 87.9 Å². The summed E-state index contributed by atoms with van der Waals surface area (Å²) in [7, 11) is 1.91. The van der Waals surface area contributed by atoms with Crippen LogP contribution in [0.2, 0.25) is 10.0 Å². The Balaban J connectivity index is 1.64. The third-order valence-electron chi connectivity index (χ3n) is 3.82. The maximum atomic E-state index is 12.3. The molecule has 0 unspecified atom stereocenters. The van der Waals surface area contributed by atoms with Crippen molar-refractivity contribution in [3.63, 3.8) is 0 Å². The van der Waals surface area contributed by atoms with E-state index in [1.165, 1.54) is 6.08 Å². The number of nitrogens with zero attached hydrogens (tertiary/aromatic N) is 2. The minimum atomic E-state index is -0.128. The van der Waals surface area contributed by atoms with Crippen LogP contribution >= 0.6 is 23.2 Å². The van der Waals surface area contributed by atoms with Crippen molar-refractivity contribution in [2.45, 2.75) is 6.61 Å². The lowest BCUT2D eigenvalue weighted by Crippen LogP contribution is -2.03. The first kappa shape index (κ1) is 18.2. The van der Waals surface area contributed by atoms with Gasteiger partial charge in [-0.2, -0.15) is 0 Å². The zero-order chi connectivity index (χ0) is 18.5. The smallest absolute Gasteiger partial charge is 0.185 e. The first-order valence-electron chi connectivity index (χ1n) is 7.90. The molecular weight excluding hydrogens is 371 g/mol. The number of imidazole rings is 1. The second kappa shape index (κ2) is 8.21. The van der Waals surface area contributed by atoms with Crippen LogP contribution in [0.3, 0.4) is 0 Å². The Morgan fingerprint density at radius 3 is 2.65 bits per heavy atom. The minimum Gasteiger partial charge on any atom is -0.486 e. The summed E-state index contributed by atoms with van der Waals surface area (Å²) in [5.41, 5.74) is 1.26. The zero-order valence-electron chi connectivity index (χ0n) is 14.0. The van der Waals surface area contributed by atoms with Gasteiger partial charge < -0.3 is 9.30 Å². The van der Waals surface area contributed by atoms with Crippen molar-refractivity contribution in [2.75, 3.05) is 0 Å². The maximum Gasteiger partial charge on any atom is 0.185 e.